The van der Waals surface area contributed by atoms with Crippen LogP contribution in [-0.2, 0) is 11.3 Å². The van der Waals surface area contributed by atoms with Gasteiger partial charge in [0.25, 0.3) is 0 Å². The molecule has 2 saturated carbocycles. The number of halogens is 1. The van der Waals surface area contributed by atoms with Crippen molar-refractivity contribution in [1.82, 2.24) is 9.88 Å². The van der Waals surface area contributed by atoms with Crippen LogP contribution in [0.1, 0.15) is 115 Å². The Kier molecular flexibility index (Phi) is 11.2. The van der Waals surface area contributed by atoms with Crippen molar-refractivity contribution >= 4 is 34.2 Å². The lowest BCUT2D eigenvalue weighted by Crippen LogP contribution is -2.26. The molecule has 2 bridgehead atoms. The van der Waals surface area contributed by atoms with Crippen molar-refractivity contribution < 1.29 is 9.90 Å². The molecule has 1 aliphatic heterocycles. The van der Waals surface area contributed by atoms with Gasteiger partial charge in [-0.3, -0.25) is 9.69 Å². The SMILES string of the molecule is CC1CCC(Nc2ncc3cc(CN4CCCCCCC5CCC(C5)CC(C(=O)O)CCCC4)ccc3c2Cl)CC1. The first kappa shape index (κ1) is 30.6. The van der Waals surface area contributed by atoms with Gasteiger partial charge < -0.3 is 10.4 Å². The molecule has 0 radical (unpaired) electrons. The van der Waals surface area contributed by atoms with Crippen LogP contribution < -0.4 is 5.32 Å². The van der Waals surface area contributed by atoms with Crippen LogP contribution in [0.25, 0.3) is 10.8 Å². The normalized spacial score (nSPS) is 29.4. The minimum Gasteiger partial charge on any atom is -0.481 e. The summed E-state index contributed by atoms with van der Waals surface area (Å²) in [6, 6.07) is 7.13. The van der Waals surface area contributed by atoms with Crippen LogP contribution >= 0.6 is 11.6 Å². The van der Waals surface area contributed by atoms with Crippen LogP contribution in [0.5, 0.6) is 0 Å². The largest absolute Gasteiger partial charge is 0.481 e. The molecule has 2 N–H and O–H groups in total. The van der Waals surface area contributed by atoms with E-state index in [1.165, 1.54) is 82.6 Å². The number of fused-ring (bicyclic) bond motifs is 3. The summed E-state index contributed by atoms with van der Waals surface area (Å²) in [5.41, 5.74) is 1.30. The number of nitrogens with zero attached hydrogens (tertiary/aromatic N) is 2. The van der Waals surface area contributed by atoms with Crippen molar-refractivity contribution in [3.8, 4) is 0 Å². The van der Waals surface area contributed by atoms with Crippen LogP contribution in [0.15, 0.2) is 24.4 Å². The average molecular weight is 582 g/mol. The highest BCUT2D eigenvalue weighted by Crippen LogP contribution is 2.39. The quantitative estimate of drug-likeness (QED) is 0.368. The van der Waals surface area contributed by atoms with Gasteiger partial charge in [-0.25, -0.2) is 4.98 Å². The Bertz CT molecular complexity index is 1130. The molecule has 3 unspecified atom stereocenters. The molecule has 1 aromatic heterocycles. The highest BCUT2D eigenvalue weighted by Gasteiger charge is 2.29. The van der Waals surface area contributed by atoms with Gasteiger partial charge in [0, 0.05) is 29.6 Å². The number of rotatable bonds is 5. The van der Waals surface area contributed by atoms with Gasteiger partial charge in [0.05, 0.1) is 10.9 Å². The van der Waals surface area contributed by atoms with E-state index in [4.69, 9.17) is 16.6 Å². The molecule has 2 aromatic rings. The molecule has 0 spiro atoms. The van der Waals surface area contributed by atoms with Gasteiger partial charge in [-0.15, -0.1) is 0 Å². The maximum atomic E-state index is 12.0. The molecule has 3 atom stereocenters. The van der Waals surface area contributed by atoms with Crippen LogP contribution in [0.2, 0.25) is 5.02 Å². The van der Waals surface area contributed by atoms with E-state index in [-0.39, 0.29) is 5.92 Å². The number of hydrogen-bond acceptors (Lipinski definition) is 4. The molecule has 1 aromatic carbocycles. The second kappa shape index (κ2) is 15.0. The van der Waals surface area contributed by atoms with Gasteiger partial charge in [0.2, 0.25) is 0 Å². The number of anilines is 1. The van der Waals surface area contributed by atoms with Crippen LogP contribution in [0.4, 0.5) is 5.82 Å². The zero-order valence-electron chi connectivity index (χ0n) is 25.3. The van der Waals surface area contributed by atoms with Gasteiger partial charge in [-0.05, 0) is 100 Å². The molecule has 0 amide bonds. The Hall–Kier alpha value is -1.85. The number of pyridine rings is 1. The fraction of sp³-hybridized carbons (Fsp3) is 0.714. The van der Waals surface area contributed by atoms with E-state index in [9.17, 15) is 9.90 Å². The highest BCUT2D eigenvalue weighted by molar-refractivity contribution is 6.37. The van der Waals surface area contributed by atoms with Crippen molar-refractivity contribution in [2.24, 2.45) is 23.7 Å². The zero-order valence-corrected chi connectivity index (χ0v) is 26.0. The number of hydrogen-bond donors (Lipinski definition) is 2. The molecule has 2 heterocycles. The average Bonchev–Trinajstić information content (AvgIpc) is 3.41. The molecule has 5 rings (SSSR count). The molecule has 1 saturated heterocycles. The molecular formula is C35H52ClN3O2. The van der Waals surface area contributed by atoms with E-state index in [0.717, 1.165) is 78.8 Å². The molecule has 6 heteroatoms. The molecular weight excluding hydrogens is 530 g/mol. The van der Waals surface area contributed by atoms with Crippen molar-refractivity contribution in [1.29, 1.82) is 0 Å². The lowest BCUT2D eigenvalue weighted by atomic mass is 9.87. The second-order valence-electron chi connectivity index (χ2n) is 13.7. The lowest BCUT2D eigenvalue weighted by molar-refractivity contribution is -0.142. The first-order valence-corrected chi connectivity index (χ1v) is 17.1. The second-order valence-corrected chi connectivity index (χ2v) is 14.1. The molecule has 5 nitrogen and oxygen atoms in total. The molecule has 2 aliphatic carbocycles. The third-order valence-corrected chi connectivity index (χ3v) is 10.8. The zero-order chi connectivity index (χ0) is 28.6. The Labute approximate surface area is 252 Å². The van der Waals surface area contributed by atoms with Crippen LogP contribution in [-0.4, -0.2) is 40.1 Å². The maximum absolute atomic E-state index is 12.0. The molecule has 3 fully saturated rings. The van der Waals surface area contributed by atoms with Gasteiger partial charge in [-0.2, -0.15) is 0 Å². The third-order valence-electron chi connectivity index (χ3n) is 10.4. The summed E-state index contributed by atoms with van der Waals surface area (Å²) in [5.74, 6) is 2.35. The van der Waals surface area contributed by atoms with Crippen LogP contribution in [0.3, 0.4) is 0 Å². The number of benzene rings is 1. The summed E-state index contributed by atoms with van der Waals surface area (Å²) in [5, 5.41) is 16.4. The first-order chi connectivity index (χ1) is 19.9. The maximum Gasteiger partial charge on any atom is 0.306 e. The van der Waals surface area contributed by atoms with Crippen molar-refractivity contribution in [3.63, 3.8) is 0 Å². The summed E-state index contributed by atoms with van der Waals surface area (Å²) in [4.78, 5) is 19.3. The standard InChI is InChI=1S/C35H52ClN3O2/c1-25-10-15-31(16-11-25)38-34-33(36)32-17-14-28(22-30(32)23-37-34)24-39-18-6-3-2-4-8-26-12-13-27(20-26)21-29(35(40)41)9-5-7-19-39/h14,17,22-23,25-27,29,31H,2-13,15-16,18-21,24H2,1H3,(H,37,38)(H,40,41). The van der Waals surface area contributed by atoms with Crippen molar-refractivity contribution in [3.05, 3.63) is 35.0 Å². The summed E-state index contributed by atoms with van der Waals surface area (Å²) >= 11 is 6.86. The van der Waals surface area contributed by atoms with Crippen LogP contribution in [0, 0.1) is 23.7 Å². The predicted octanol–water partition coefficient (Wildman–Crippen LogP) is 9.32. The monoisotopic (exact) mass is 581 g/mol. The van der Waals surface area contributed by atoms with Gasteiger partial charge in [0.15, 0.2) is 0 Å². The van der Waals surface area contributed by atoms with E-state index in [2.05, 4.69) is 35.3 Å². The van der Waals surface area contributed by atoms with E-state index < -0.39 is 5.97 Å². The molecule has 3 aliphatic rings. The van der Waals surface area contributed by atoms with Crippen molar-refractivity contribution in [2.75, 3.05) is 18.4 Å². The Morgan fingerprint density at radius 3 is 2.46 bits per heavy atom. The summed E-state index contributed by atoms with van der Waals surface area (Å²) in [6.45, 7) is 5.39. The smallest absolute Gasteiger partial charge is 0.306 e. The number of carbonyl (C=O) groups is 1. The Morgan fingerprint density at radius 1 is 0.927 bits per heavy atom. The predicted molar refractivity (Wildman–Crippen MR) is 171 cm³/mol. The summed E-state index contributed by atoms with van der Waals surface area (Å²) < 4.78 is 0. The number of aliphatic carboxylic acids is 1. The third kappa shape index (κ3) is 8.83. The number of carboxylic acids is 1. The number of aromatic nitrogens is 1. The minimum atomic E-state index is -0.582. The fourth-order valence-electron chi connectivity index (χ4n) is 7.81. The molecule has 41 heavy (non-hydrogen) atoms. The topological polar surface area (TPSA) is 65.5 Å². The number of carboxylic acid groups (broad SMARTS) is 1. The fourth-order valence-corrected chi connectivity index (χ4v) is 8.08. The molecule has 226 valence electrons. The Morgan fingerprint density at radius 2 is 1.66 bits per heavy atom. The van der Waals surface area contributed by atoms with Crippen molar-refractivity contribution in [2.45, 2.75) is 122 Å². The van der Waals surface area contributed by atoms with E-state index in [1.54, 1.807) is 0 Å². The van der Waals surface area contributed by atoms with E-state index in [0.29, 0.717) is 12.0 Å². The highest BCUT2D eigenvalue weighted by atomic mass is 35.5. The van der Waals surface area contributed by atoms with Gasteiger partial charge in [0.1, 0.15) is 5.82 Å². The first-order valence-electron chi connectivity index (χ1n) is 16.7. The summed E-state index contributed by atoms with van der Waals surface area (Å²) in [7, 11) is 0. The number of nitrogens with one attached hydrogen (secondary N) is 1. The lowest BCUT2D eigenvalue weighted by Gasteiger charge is -2.27. The van der Waals surface area contributed by atoms with Gasteiger partial charge >= 0.3 is 5.97 Å². The van der Waals surface area contributed by atoms with E-state index in [1.807, 2.05) is 6.20 Å². The summed E-state index contributed by atoms with van der Waals surface area (Å²) in [6.07, 6.45) is 21.0. The Balaban J connectivity index is 1.21. The van der Waals surface area contributed by atoms with E-state index >= 15 is 0 Å². The minimum absolute atomic E-state index is 0.168. The van der Waals surface area contributed by atoms with Gasteiger partial charge in [-0.1, -0.05) is 75.6 Å².